The molecule has 86 valence electrons. The lowest BCUT2D eigenvalue weighted by atomic mass is 10.2. The molecule has 2 heterocycles. The first-order valence-corrected chi connectivity index (χ1v) is 4.83. The summed E-state index contributed by atoms with van der Waals surface area (Å²) in [5.41, 5.74) is 1.59. The Morgan fingerprint density at radius 2 is 2.29 bits per heavy atom. The van der Waals surface area contributed by atoms with Crippen LogP contribution in [0.3, 0.4) is 0 Å². The molecule has 6 heteroatoms. The lowest BCUT2D eigenvalue weighted by Crippen LogP contribution is -1.85. The maximum Gasteiger partial charge on any atom is 0.328 e. The van der Waals surface area contributed by atoms with Crippen molar-refractivity contribution < 1.29 is 14.3 Å². The largest absolute Gasteiger partial charge is 0.478 e. The van der Waals surface area contributed by atoms with E-state index in [1.807, 2.05) is 6.92 Å². The predicted octanol–water partition coefficient (Wildman–Crippen LogP) is 1.54. The minimum absolute atomic E-state index is 0.150. The monoisotopic (exact) mass is 231 g/mol. The van der Waals surface area contributed by atoms with Crippen LogP contribution in [0.1, 0.15) is 11.6 Å². The van der Waals surface area contributed by atoms with Crippen LogP contribution in [0, 0.1) is 6.92 Å². The van der Waals surface area contributed by atoms with Crippen molar-refractivity contribution in [3.63, 3.8) is 0 Å². The molecule has 1 N–H and O–H groups in total. The Morgan fingerprint density at radius 1 is 1.47 bits per heavy atom. The molecule has 0 amide bonds. The minimum atomic E-state index is -1.07. The van der Waals surface area contributed by atoms with Crippen molar-refractivity contribution in [2.75, 3.05) is 0 Å². The number of aryl methyl sites for hydroxylation is 1. The van der Waals surface area contributed by atoms with Gasteiger partial charge in [-0.3, -0.25) is 4.98 Å². The van der Waals surface area contributed by atoms with Crippen molar-refractivity contribution in [1.82, 2.24) is 15.2 Å². The molecule has 2 rings (SSSR count). The first-order chi connectivity index (χ1) is 8.15. The summed E-state index contributed by atoms with van der Waals surface area (Å²) in [4.78, 5) is 14.4. The number of hydrogen-bond acceptors (Lipinski definition) is 5. The summed E-state index contributed by atoms with van der Waals surface area (Å²) in [5, 5.41) is 16.0. The average Bonchev–Trinajstić information content (AvgIpc) is 2.75. The molecule has 0 spiro atoms. The van der Waals surface area contributed by atoms with Crippen molar-refractivity contribution in [1.29, 1.82) is 0 Å². The van der Waals surface area contributed by atoms with Gasteiger partial charge in [-0.1, -0.05) is 0 Å². The van der Waals surface area contributed by atoms with Crippen LogP contribution in [0.2, 0.25) is 0 Å². The highest BCUT2D eigenvalue weighted by atomic mass is 16.4. The smallest absolute Gasteiger partial charge is 0.328 e. The van der Waals surface area contributed by atoms with Crippen LogP contribution in [0.4, 0.5) is 0 Å². The summed E-state index contributed by atoms with van der Waals surface area (Å²) < 4.78 is 5.27. The first-order valence-electron chi connectivity index (χ1n) is 4.83. The number of carboxylic acid groups (broad SMARTS) is 1. The summed E-state index contributed by atoms with van der Waals surface area (Å²) in [6.07, 6.45) is 3.82. The molecule has 0 aliphatic rings. The molecule has 0 saturated carbocycles. The SMILES string of the molecule is Cc1cc(-c2nnc(/C=C/C(=O)O)o2)ccn1. The minimum Gasteiger partial charge on any atom is -0.478 e. The second kappa shape index (κ2) is 4.56. The highest BCUT2D eigenvalue weighted by Crippen LogP contribution is 2.18. The third kappa shape index (κ3) is 2.75. The van der Waals surface area contributed by atoms with Gasteiger partial charge in [0.2, 0.25) is 11.8 Å². The summed E-state index contributed by atoms with van der Waals surface area (Å²) in [6.45, 7) is 1.85. The second-order valence-corrected chi connectivity index (χ2v) is 3.30. The number of aliphatic carboxylic acids is 1. The lowest BCUT2D eigenvalue weighted by Gasteiger charge is -1.94. The molecule has 0 fully saturated rings. The summed E-state index contributed by atoms with van der Waals surface area (Å²) in [7, 11) is 0. The van der Waals surface area contributed by atoms with Crippen LogP contribution in [0.25, 0.3) is 17.5 Å². The van der Waals surface area contributed by atoms with Gasteiger partial charge in [-0.05, 0) is 19.1 Å². The van der Waals surface area contributed by atoms with Crippen LogP contribution in [0.15, 0.2) is 28.8 Å². The zero-order chi connectivity index (χ0) is 12.3. The molecule has 2 aromatic heterocycles. The molecule has 0 saturated heterocycles. The highest BCUT2D eigenvalue weighted by Gasteiger charge is 2.06. The third-order valence-corrected chi connectivity index (χ3v) is 1.95. The van der Waals surface area contributed by atoms with E-state index < -0.39 is 5.97 Å². The number of hydrogen-bond donors (Lipinski definition) is 1. The van der Waals surface area contributed by atoms with Crippen molar-refractivity contribution in [2.24, 2.45) is 0 Å². The molecule has 0 unspecified atom stereocenters. The predicted molar refractivity (Wildman–Crippen MR) is 58.9 cm³/mol. The molecule has 0 atom stereocenters. The molecule has 0 aliphatic carbocycles. The van der Waals surface area contributed by atoms with E-state index in [2.05, 4.69) is 15.2 Å². The van der Waals surface area contributed by atoms with Crippen molar-refractivity contribution in [2.45, 2.75) is 6.92 Å². The zero-order valence-corrected chi connectivity index (χ0v) is 8.99. The van der Waals surface area contributed by atoms with E-state index in [0.29, 0.717) is 5.89 Å². The second-order valence-electron chi connectivity index (χ2n) is 3.30. The van der Waals surface area contributed by atoms with E-state index in [-0.39, 0.29) is 5.89 Å². The molecule has 0 radical (unpaired) electrons. The van der Waals surface area contributed by atoms with Crippen molar-refractivity contribution >= 4 is 12.0 Å². The number of aromatic nitrogens is 3. The number of carboxylic acids is 1. The number of rotatable bonds is 3. The Balaban J connectivity index is 2.27. The number of nitrogens with zero attached hydrogens (tertiary/aromatic N) is 3. The van der Waals surface area contributed by atoms with Gasteiger partial charge in [-0.15, -0.1) is 10.2 Å². The Morgan fingerprint density at radius 3 is 3.00 bits per heavy atom. The van der Waals surface area contributed by atoms with Crippen molar-refractivity contribution in [3.8, 4) is 11.5 Å². The van der Waals surface area contributed by atoms with Gasteiger partial charge in [0.15, 0.2) is 0 Å². The normalized spacial score (nSPS) is 10.9. The molecule has 17 heavy (non-hydrogen) atoms. The van der Waals surface area contributed by atoms with Crippen LogP contribution in [0.5, 0.6) is 0 Å². The highest BCUT2D eigenvalue weighted by molar-refractivity contribution is 5.84. The van der Waals surface area contributed by atoms with Crippen LogP contribution < -0.4 is 0 Å². The summed E-state index contributed by atoms with van der Waals surface area (Å²) >= 11 is 0. The van der Waals surface area contributed by atoms with Crippen LogP contribution in [-0.4, -0.2) is 26.3 Å². The van der Waals surface area contributed by atoms with Gasteiger partial charge in [0.1, 0.15) is 0 Å². The average molecular weight is 231 g/mol. The molecule has 0 bridgehead atoms. The molecule has 0 aliphatic heterocycles. The van der Waals surface area contributed by atoms with E-state index in [0.717, 1.165) is 17.3 Å². The maximum atomic E-state index is 10.3. The summed E-state index contributed by atoms with van der Waals surface area (Å²) in [6, 6.07) is 3.55. The fourth-order valence-corrected chi connectivity index (χ4v) is 1.24. The molecular formula is C11H9N3O3. The standard InChI is InChI=1S/C11H9N3O3/c1-7-6-8(4-5-12-7)11-14-13-9(17-11)2-3-10(15)16/h2-6H,1H3,(H,15,16)/b3-2+. The van der Waals surface area contributed by atoms with E-state index in [9.17, 15) is 4.79 Å². The number of carbonyl (C=O) groups is 1. The quantitative estimate of drug-likeness (QED) is 0.806. The Hall–Kier alpha value is -2.50. The van der Waals surface area contributed by atoms with Gasteiger partial charge >= 0.3 is 5.97 Å². The zero-order valence-electron chi connectivity index (χ0n) is 8.99. The maximum absolute atomic E-state index is 10.3. The lowest BCUT2D eigenvalue weighted by molar-refractivity contribution is -0.131. The van der Waals surface area contributed by atoms with Crippen LogP contribution in [-0.2, 0) is 4.79 Å². The number of pyridine rings is 1. The van der Waals surface area contributed by atoms with Gasteiger partial charge in [0.25, 0.3) is 0 Å². The molecule has 6 nitrogen and oxygen atoms in total. The van der Waals surface area contributed by atoms with Gasteiger partial charge < -0.3 is 9.52 Å². The molecule has 2 aromatic rings. The Kier molecular flexibility index (Phi) is 2.95. The molecular weight excluding hydrogens is 222 g/mol. The fraction of sp³-hybridized carbons (Fsp3) is 0.0909. The topological polar surface area (TPSA) is 89.1 Å². The van der Waals surface area contributed by atoms with E-state index in [4.69, 9.17) is 9.52 Å². The Bertz CT molecular complexity index is 575. The van der Waals surface area contributed by atoms with E-state index >= 15 is 0 Å². The molecule has 0 aromatic carbocycles. The van der Waals surface area contributed by atoms with E-state index in [1.165, 1.54) is 6.08 Å². The van der Waals surface area contributed by atoms with Gasteiger partial charge in [0, 0.05) is 29.6 Å². The van der Waals surface area contributed by atoms with Gasteiger partial charge in [-0.2, -0.15) is 0 Å². The Labute approximate surface area is 96.6 Å². The van der Waals surface area contributed by atoms with E-state index in [1.54, 1.807) is 18.3 Å². The fourth-order valence-electron chi connectivity index (χ4n) is 1.24. The van der Waals surface area contributed by atoms with Crippen LogP contribution >= 0.6 is 0 Å². The summed E-state index contributed by atoms with van der Waals surface area (Å²) in [5.74, 6) is -0.582. The van der Waals surface area contributed by atoms with Gasteiger partial charge in [0.05, 0.1) is 0 Å². The van der Waals surface area contributed by atoms with Crippen molar-refractivity contribution in [3.05, 3.63) is 36.0 Å². The van der Waals surface area contributed by atoms with Gasteiger partial charge in [-0.25, -0.2) is 4.79 Å². The first kappa shape index (κ1) is 11.0. The third-order valence-electron chi connectivity index (χ3n) is 1.95.